The Bertz CT molecular complexity index is 647. The predicted molar refractivity (Wildman–Crippen MR) is 94.4 cm³/mol. The second-order valence-corrected chi connectivity index (χ2v) is 10.3. The summed E-state index contributed by atoms with van der Waals surface area (Å²) in [6.07, 6.45) is 0. The summed E-state index contributed by atoms with van der Waals surface area (Å²) in [5.74, 6) is 0. The van der Waals surface area contributed by atoms with Crippen molar-refractivity contribution in [2.24, 2.45) is 0 Å². The molecular weight excluding hydrogens is 299 g/mol. The minimum atomic E-state index is -2.46. The molecule has 0 heterocycles. The smallest absolute Gasteiger partial charge is 0.121 e. The van der Waals surface area contributed by atoms with Crippen molar-refractivity contribution in [1.82, 2.24) is 0 Å². The van der Waals surface area contributed by atoms with Gasteiger partial charge in [-0.1, -0.05) is 75.7 Å². The molecule has 0 aliphatic rings. The fourth-order valence-electron chi connectivity index (χ4n) is 2.80. The summed E-state index contributed by atoms with van der Waals surface area (Å²) in [7, 11) is -2.46. The Balaban J connectivity index is 2.66. The van der Waals surface area contributed by atoms with Crippen LogP contribution in [0.3, 0.4) is 0 Å². The molecule has 0 aromatic heterocycles. The van der Waals surface area contributed by atoms with Crippen LogP contribution in [0.5, 0.6) is 0 Å². The maximum atomic E-state index is 13.6. The van der Waals surface area contributed by atoms with Crippen LogP contribution < -0.4 is 5.30 Å². The molecule has 0 saturated heterocycles. The Morgan fingerprint density at radius 2 is 1.38 bits per heavy atom. The molecular formula is C18H22ClOP. The van der Waals surface area contributed by atoms with E-state index in [0.29, 0.717) is 5.02 Å². The normalized spacial score (nSPS) is 12.1. The average Bonchev–Trinajstić information content (AvgIpc) is 2.46. The molecule has 0 N–H and O–H groups in total. The van der Waals surface area contributed by atoms with Gasteiger partial charge in [0.25, 0.3) is 0 Å². The van der Waals surface area contributed by atoms with Crippen LogP contribution in [0.1, 0.15) is 27.7 Å². The van der Waals surface area contributed by atoms with Gasteiger partial charge in [-0.3, -0.25) is 0 Å². The molecule has 0 radical (unpaired) electrons. The van der Waals surface area contributed by atoms with E-state index in [1.807, 2.05) is 42.5 Å². The number of hydrogen-bond acceptors (Lipinski definition) is 1. The zero-order valence-corrected chi connectivity index (χ0v) is 14.7. The second kappa shape index (κ2) is 6.38. The summed E-state index contributed by atoms with van der Waals surface area (Å²) >= 11 is 5.97. The van der Waals surface area contributed by atoms with Crippen LogP contribution in [-0.4, -0.2) is 11.3 Å². The summed E-state index contributed by atoms with van der Waals surface area (Å²) in [5, 5.41) is 1.70. The van der Waals surface area contributed by atoms with Gasteiger partial charge in [0.15, 0.2) is 0 Å². The Kier molecular flexibility index (Phi) is 4.96. The summed E-state index contributed by atoms with van der Waals surface area (Å²) in [5.41, 5.74) is 2.38. The molecule has 0 amide bonds. The summed E-state index contributed by atoms with van der Waals surface area (Å²) in [6, 6.07) is 15.8. The van der Waals surface area contributed by atoms with E-state index in [4.69, 9.17) is 11.6 Å². The van der Waals surface area contributed by atoms with E-state index in [0.717, 1.165) is 16.4 Å². The van der Waals surface area contributed by atoms with Gasteiger partial charge in [-0.15, -0.1) is 0 Å². The zero-order chi connectivity index (χ0) is 15.6. The molecule has 112 valence electrons. The minimum Gasteiger partial charge on any atom is -0.318 e. The lowest BCUT2D eigenvalue weighted by atomic mass is 10.1. The van der Waals surface area contributed by atoms with Gasteiger partial charge in [0, 0.05) is 21.6 Å². The fourth-order valence-corrected chi connectivity index (χ4v) is 6.14. The van der Waals surface area contributed by atoms with Crippen molar-refractivity contribution < 1.29 is 4.57 Å². The van der Waals surface area contributed by atoms with E-state index in [1.54, 1.807) is 0 Å². The van der Waals surface area contributed by atoms with Gasteiger partial charge in [-0.2, -0.15) is 0 Å². The van der Waals surface area contributed by atoms with E-state index in [1.165, 1.54) is 0 Å². The number of benzene rings is 2. The Morgan fingerprint density at radius 3 is 1.90 bits per heavy atom. The van der Waals surface area contributed by atoms with Gasteiger partial charge in [0.2, 0.25) is 0 Å². The van der Waals surface area contributed by atoms with Gasteiger partial charge >= 0.3 is 0 Å². The van der Waals surface area contributed by atoms with Crippen molar-refractivity contribution >= 4 is 24.0 Å². The first-order chi connectivity index (χ1) is 9.87. The van der Waals surface area contributed by atoms with Crippen LogP contribution in [0.2, 0.25) is 5.02 Å². The Labute approximate surface area is 132 Å². The molecule has 1 nitrogen and oxygen atoms in total. The van der Waals surface area contributed by atoms with E-state index < -0.39 is 7.14 Å². The number of halogens is 1. The quantitative estimate of drug-likeness (QED) is 0.649. The molecule has 3 heteroatoms. The second-order valence-electron chi connectivity index (χ2n) is 5.92. The lowest BCUT2D eigenvalue weighted by Crippen LogP contribution is -2.21. The van der Waals surface area contributed by atoms with Crippen LogP contribution in [0.25, 0.3) is 11.1 Å². The van der Waals surface area contributed by atoms with Crippen LogP contribution >= 0.6 is 18.7 Å². The van der Waals surface area contributed by atoms with E-state index in [-0.39, 0.29) is 11.3 Å². The Morgan fingerprint density at radius 1 is 0.857 bits per heavy atom. The summed E-state index contributed by atoms with van der Waals surface area (Å²) in [4.78, 5) is 0. The minimum absolute atomic E-state index is 0.131. The number of hydrogen-bond donors (Lipinski definition) is 0. The maximum absolute atomic E-state index is 13.6. The highest BCUT2D eigenvalue weighted by molar-refractivity contribution is 7.73. The first-order valence-electron chi connectivity index (χ1n) is 7.32. The fraction of sp³-hybridized carbons (Fsp3) is 0.333. The zero-order valence-electron chi connectivity index (χ0n) is 13.0. The molecule has 0 atom stereocenters. The summed E-state index contributed by atoms with van der Waals surface area (Å²) in [6.45, 7) is 8.22. The molecule has 2 aromatic carbocycles. The monoisotopic (exact) mass is 320 g/mol. The molecule has 0 aliphatic heterocycles. The molecule has 0 unspecified atom stereocenters. The highest BCUT2D eigenvalue weighted by Gasteiger charge is 2.34. The van der Waals surface area contributed by atoms with Crippen LogP contribution in [0.4, 0.5) is 0 Å². The highest BCUT2D eigenvalue weighted by Crippen LogP contribution is 2.55. The largest absolute Gasteiger partial charge is 0.318 e. The standard InChI is InChI=1S/C18H22ClOP/c1-13(2)21(20,14(3)4)18-8-6-5-7-17(18)15-9-11-16(19)12-10-15/h5-14H,1-4H3. The van der Waals surface area contributed by atoms with Crippen LogP contribution in [0.15, 0.2) is 48.5 Å². The molecule has 0 aliphatic carbocycles. The van der Waals surface area contributed by atoms with Crippen molar-refractivity contribution in [3.8, 4) is 11.1 Å². The molecule has 0 bridgehead atoms. The van der Waals surface area contributed by atoms with Gasteiger partial charge in [0.05, 0.1) is 0 Å². The van der Waals surface area contributed by atoms with Crippen molar-refractivity contribution in [2.75, 3.05) is 0 Å². The molecule has 0 fully saturated rings. The van der Waals surface area contributed by atoms with E-state index in [9.17, 15) is 4.57 Å². The first kappa shape index (κ1) is 16.3. The lowest BCUT2D eigenvalue weighted by molar-refractivity contribution is 0.569. The van der Waals surface area contributed by atoms with Gasteiger partial charge in [-0.05, 0) is 23.3 Å². The van der Waals surface area contributed by atoms with Gasteiger partial charge < -0.3 is 4.57 Å². The molecule has 0 saturated carbocycles. The number of rotatable bonds is 4. The highest BCUT2D eigenvalue weighted by atomic mass is 35.5. The van der Waals surface area contributed by atoms with E-state index >= 15 is 0 Å². The van der Waals surface area contributed by atoms with E-state index in [2.05, 4.69) is 33.8 Å². The third kappa shape index (κ3) is 3.10. The van der Waals surface area contributed by atoms with Crippen molar-refractivity contribution in [3.63, 3.8) is 0 Å². The van der Waals surface area contributed by atoms with Gasteiger partial charge in [0.1, 0.15) is 7.14 Å². The topological polar surface area (TPSA) is 17.1 Å². The van der Waals surface area contributed by atoms with Crippen molar-refractivity contribution in [1.29, 1.82) is 0 Å². The van der Waals surface area contributed by atoms with Crippen molar-refractivity contribution in [3.05, 3.63) is 53.6 Å². The first-order valence-corrected chi connectivity index (χ1v) is 9.54. The predicted octanol–water partition coefficient (Wildman–Crippen LogP) is 5.81. The third-order valence-corrected chi connectivity index (χ3v) is 8.43. The van der Waals surface area contributed by atoms with Crippen LogP contribution in [0, 0.1) is 0 Å². The summed E-state index contributed by atoms with van der Waals surface area (Å²) < 4.78 is 13.6. The molecule has 0 spiro atoms. The van der Waals surface area contributed by atoms with Crippen LogP contribution in [-0.2, 0) is 4.57 Å². The Hall–Kier alpha value is -1.04. The van der Waals surface area contributed by atoms with Crippen molar-refractivity contribution in [2.45, 2.75) is 39.0 Å². The van der Waals surface area contributed by atoms with Gasteiger partial charge in [-0.25, -0.2) is 0 Å². The SMILES string of the molecule is CC(C)P(=O)(c1ccccc1-c1ccc(Cl)cc1)C(C)C. The maximum Gasteiger partial charge on any atom is 0.121 e. The lowest BCUT2D eigenvalue weighted by Gasteiger charge is -2.28. The molecule has 21 heavy (non-hydrogen) atoms. The third-order valence-electron chi connectivity index (χ3n) is 3.97. The molecule has 2 aromatic rings. The average molecular weight is 321 g/mol. The molecule has 2 rings (SSSR count).